The van der Waals surface area contributed by atoms with Crippen LogP contribution in [0.4, 0.5) is 0 Å². The molecule has 0 spiro atoms. The van der Waals surface area contributed by atoms with Crippen LogP contribution in [0.15, 0.2) is 6.07 Å². The first kappa shape index (κ1) is 13.8. The van der Waals surface area contributed by atoms with Crippen LogP contribution in [0, 0.1) is 13.8 Å². The third kappa shape index (κ3) is 2.53. The van der Waals surface area contributed by atoms with Gasteiger partial charge in [-0.2, -0.15) is 0 Å². The van der Waals surface area contributed by atoms with Crippen molar-refractivity contribution in [3.8, 4) is 5.75 Å². The SMILES string of the molecule is COC(=O)C(O)c1c(C)c(Cl)cc(C)c1OC. The summed E-state index contributed by atoms with van der Waals surface area (Å²) in [5.74, 6) is -0.294. The molecule has 0 aliphatic carbocycles. The van der Waals surface area contributed by atoms with Crippen molar-refractivity contribution in [2.75, 3.05) is 14.2 Å². The lowest BCUT2D eigenvalue weighted by molar-refractivity contribution is -0.150. The molecule has 0 aliphatic rings. The maximum absolute atomic E-state index is 11.4. The van der Waals surface area contributed by atoms with E-state index in [-0.39, 0.29) is 0 Å². The number of esters is 1. The third-order valence-electron chi connectivity index (χ3n) is 2.61. The van der Waals surface area contributed by atoms with Crippen molar-refractivity contribution in [3.63, 3.8) is 0 Å². The molecule has 1 unspecified atom stereocenters. The van der Waals surface area contributed by atoms with E-state index in [1.54, 1.807) is 19.9 Å². The second-order valence-corrected chi connectivity index (χ2v) is 4.08. The molecule has 1 aromatic carbocycles. The van der Waals surface area contributed by atoms with Crippen LogP contribution in [0.1, 0.15) is 22.8 Å². The van der Waals surface area contributed by atoms with Crippen LogP contribution in [0.5, 0.6) is 5.75 Å². The molecular formula is C12H15ClO4. The molecular weight excluding hydrogens is 244 g/mol. The number of carbonyl (C=O) groups is 1. The fraction of sp³-hybridized carbons (Fsp3) is 0.417. The predicted octanol–water partition coefficient (Wildman–Crippen LogP) is 2.17. The van der Waals surface area contributed by atoms with E-state index in [2.05, 4.69) is 4.74 Å². The number of aliphatic hydroxyl groups excluding tert-OH is 1. The number of halogens is 1. The molecule has 0 aliphatic heterocycles. The van der Waals surface area contributed by atoms with Gasteiger partial charge < -0.3 is 14.6 Å². The molecule has 0 bridgehead atoms. The highest BCUT2D eigenvalue weighted by molar-refractivity contribution is 6.31. The highest BCUT2D eigenvalue weighted by atomic mass is 35.5. The van der Waals surface area contributed by atoms with E-state index >= 15 is 0 Å². The van der Waals surface area contributed by atoms with Crippen LogP contribution in [-0.4, -0.2) is 25.3 Å². The monoisotopic (exact) mass is 258 g/mol. The second-order valence-electron chi connectivity index (χ2n) is 3.67. The van der Waals surface area contributed by atoms with Crippen LogP contribution in [0.3, 0.4) is 0 Å². The van der Waals surface area contributed by atoms with Crippen LogP contribution in [0.25, 0.3) is 0 Å². The Kier molecular flexibility index (Phi) is 4.37. The third-order valence-corrected chi connectivity index (χ3v) is 3.00. The fourth-order valence-corrected chi connectivity index (χ4v) is 1.97. The summed E-state index contributed by atoms with van der Waals surface area (Å²) >= 11 is 6.02. The Morgan fingerprint density at radius 2 is 2.00 bits per heavy atom. The summed E-state index contributed by atoms with van der Waals surface area (Å²) in [7, 11) is 2.69. The van der Waals surface area contributed by atoms with Gasteiger partial charge in [-0.3, -0.25) is 0 Å². The highest BCUT2D eigenvalue weighted by Gasteiger charge is 2.26. The zero-order valence-electron chi connectivity index (χ0n) is 10.2. The van der Waals surface area contributed by atoms with E-state index in [1.165, 1.54) is 14.2 Å². The summed E-state index contributed by atoms with van der Waals surface area (Å²) in [4.78, 5) is 11.4. The molecule has 1 atom stereocenters. The Morgan fingerprint density at radius 1 is 1.41 bits per heavy atom. The van der Waals surface area contributed by atoms with E-state index in [1.807, 2.05) is 0 Å². The van der Waals surface area contributed by atoms with Gasteiger partial charge in [-0.05, 0) is 31.0 Å². The van der Waals surface area contributed by atoms with Gasteiger partial charge >= 0.3 is 5.97 Å². The van der Waals surface area contributed by atoms with Crippen molar-refractivity contribution in [2.24, 2.45) is 0 Å². The quantitative estimate of drug-likeness (QED) is 0.845. The van der Waals surface area contributed by atoms with Gasteiger partial charge in [0.25, 0.3) is 0 Å². The average Bonchev–Trinajstić information content (AvgIpc) is 2.31. The van der Waals surface area contributed by atoms with Crippen molar-refractivity contribution in [3.05, 3.63) is 27.8 Å². The number of carbonyl (C=O) groups excluding carboxylic acids is 1. The van der Waals surface area contributed by atoms with E-state index < -0.39 is 12.1 Å². The molecule has 1 rings (SSSR count). The number of hydrogen-bond donors (Lipinski definition) is 1. The smallest absolute Gasteiger partial charge is 0.339 e. The molecule has 5 heteroatoms. The molecule has 1 aromatic rings. The summed E-state index contributed by atoms with van der Waals surface area (Å²) in [6.07, 6.45) is -1.40. The van der Waals surface area contributed by atoms with Gasteiger partial charge in [0.05, 0.1) is 14.2 Å². The molecule has 1 N–H and O–H groups in total. The summed E-state index contributed by atoms with van der Waals surface area (Å²) in [5.41, 5.74) is 1.71. The van der Waals surface area contributed by atoms with Crippen LogP contribution < -0.4 is 4.74 Å². The van der Waals surface area contributed by atoms with Crippen LogP contribution >= 0.6 is 11.6 Å². The number of ether oxygens (including phenoxy) is 2. The molecule has 0 radical (unpaired) electrons. The number of methoxy groups -OCH3 is 2. The minimum absolute atomic E-state index is 0.351. The topological polar surface area (TPSA) is 55.8 Å². The van der Waals surface area contributed by atoms with Crippen molar-refractivity contribution < 1.29 is 19.4 Å². The molecule has 0 saturated carbocycles. The lowest BCUT2D eigenvalue weighted by Crippen LogP contribution is -2.16. The first-order valence-electron chi connectivity index (χ1n) is 5.03. The largest absolute Gasteiger partial charge is 0.496 e. The van der Waals surface area contributed by atoms with Gasteiger partial charge in [-0.25, -0.2) is 4.79 Å². The standard InChI is InChI=1S/C12H15ClO4/c1-6-5-8(13)7(2)9(11(6)16-3)10(14)12(15)17-4/h5,10,14H,1-4H3. The van der Waals surface area contributed by atoms with E-state index in [4.69, 9.17) is 16.3 Å². The maximum atomic E-state index is 11.4. The Hall–Kier alpha value is -1.26. The van der Waals surface area contributed by atoms with Gasteiger partial charge in [0.15, 0.2) is 6.10 Å². The number of rotatable bonds is 3. The Balaban J connectivity index is 3.44. The lowest BCUT2D eigenvalue weighted by Gasteiger charge is -2.18. The van der Waals surface area contributed by atoms with Crippen molar-refractivity contribution in [2.45, 2.75) is 20.0 Å². The predicted molar refractivity (Wildman–Crippen MR) is 64.5 cm³/mol. The molecule has 0 heterocycles. The number of hydrogen-bond acceptors (Lipinski definition) is 4. The average molecular weight is 259 g/mol. The van der Waals surface area contributed by atoms with Crippen molar-refractivity contribution in [1.82, 2.24) is 0 Å². The first-order chi connectivity index (χ1) is 7.93. The normalized spacial score (nSPS) is 12.1. The lowest BCUT2D eigenvalue weighted by atomic mass is 9.99. The molecule has 94 valence electrons. The number of aryl methyl sites for hydroxylation is 1. The van der Waals surface area contributed by atoms with Gasteiger partial charge in [-0.1, -0.05) is 11.6 Å². The minimum Gasteiger partial charge on any atom is -0.496 e. The van der Waals surface area contributed by atoms with Crippen LogP contribution in [0.2, 0.25) is 5.02 Å². The van der Waals surface area contributed by atoms with Gasteiger partial charge in [0.1, 0.15) is 5.75 Å². The Bertz CT molecular complexity index is 443. The number of benzene rings is 1. The highest BCUT2D eigenvalue weighted by Crippen LogP contribution is 2.36. The zero-order valence-corrected chi connectivity index (χ0v) is 11.0. The molecule has 0 aromatic heterocycles. The van der Waals surface area contributed by atoms with Gasteiger partial charge in [0, 0.05) is 10.6 Å². The Morgan fingerprint density at radius 3 is 2.47 bits per heavy atom. The maximum Gasteiger partial charge on any atom is 0.339 e. The van der Waals surface area contributed by atoms with Crippen molar-refractivity contribution >= 4 is 17.6 Å². The minimum atomic E-state index is -1.40. The Labute approximate surface area is 105 Å². The molecule has 0 amide bonds. The molecule has 0 fully saturated rings. The van der Waals surface area contributed by atoms with Gasteiger partial charge in [0.2, 0.25) is 0 Å². The van der Waals surface area contributed by atoms with Gasteiger partial charge in [-0.15, -0.1) is 0 Å². The fourth-order valence-electron chi connectivity index (χ4n) is 1.70. The first-order valence-corrected chi connectivity index (χ1v) is 5.41. The summed E-state index contributed by atoms with van der Waals surface area (Å²) in [5, 5.41) is 10.4. The van der Waals surface area contributed by atoms with E-state index in [0.717, 1.165) is 5.56 Å². The second kappa shape index (κ2) is 5.38. The van der Waals surface area contributed by atoms with Crippen molar-refractivity contribution in [1.29, 1.82) is 0 Å². The van der Waals surface area contributed by atoms with E-state index in [0.29, 0.717) is 21.9 Å². The summed E-state index contributed by atoms with van der Waals surface area (Å²) < 4.78 is 9.71. The summed E-state index contributed by atoms with van der Waals surface area (Å²) in [6.45, 7) is 3.50. The zero-order chi connectivity index (χ0) is 13.2. The summed E-state index contributed by atoms with van der Waals surface area (Å²) in [6, 6.07) is 1.73. The van der Waals surface area contributed by atoms with Crippen LogP contribution in [-0.2, 0) is 9.53 Å². The molecule has 17 heavy (non-hydrogen) atoms. The molecule has 4 nitrogen and oxygen atoms in total. The molecule has 0 saturated heterocycles. The van der Waals surface area contributed by atoms with E-state index in [9.17, 15) is 9.90 Å². The number of aliphatic hydroxyl groups is 1.